The van der Waals surface area contributed by atoms with Gasteiger partial charge in [-0.3, -0.25) is 4.79 Å². The monoisotopic (exact) mass is 255 g/mol. The predicted molar refractivity (Wildman–Crippen MR) is 66.2 cm³/mol. The molecule has 18 heavy (non-hydrogen) atoms. The van der Waals surface area contributed by atoms with Gasteiger partial charge < -0.3 is 15.2 Å². The van der Waals surface area contributed by atoms with Crippen LogP contribution in [0, 0.1) is 5.82 Å². The first-order valence-corrected chi connectivity index (χ1v) is 5.88. The number of methoxy groups -OCH3 is 1. The molecule has 2 N–H and O–H groups in total. The van der Waals surface area contributed by atoms with Crippen LogP contribution in [0.2, 0.25) is 0 Å². The molecule has 0 fully saturated rings. The van der Waals surface area contributed by atoms with E-state index in [1.807, 2.05) is 6.92 Å². The minimum absolute atomic E-state index is 0.0145. The minimum Gasteiger partial charge on any atom is -0.494 e. The topological polar surface area (TPSA) is 58.6 Å². The van der Waals surface area contributed by atoms with Crippen LogP contribution >= 0.6 is 0 Å². The number of ether oxygens (including phenoxy) is 1. The van der Waals surface area contributed by atoms with Crippen molar-refractivity contribution in [2.45, 2.75) is 25.8 Å². The Morgan fingerprint density at radius 1 is 1.56 bits per heavy atom. The Labute approximate surface area is 106 Å². The van der Waals surface area contributed by atoms with Crippen LogP contribution in [-0.2, 0) is 0 Å². The molecular formula is C13H18FNO3. The van der Waals surface area contributed by atoms with Gasteiger partial charge in [0.25, 0.3) is 5.91 Å². The van der Waals surface area contributed by atoms with Gasteiger partial charge in [0.05, 0.1) is 12.7 Å². The molecule has 1 aromatic carbocycles. The highest BCUT2D eigenvalue weighted by atomic mass is 19.1. The van der Waals surface area contributed by atoms with Gasteiger partial charge in [-0.1, -0.05) is 13.0 Å². The first-order valence-electron chi connectivity index (χ1n) is 5.88. The number of halogens is 1. The van der Waals surface area contributed by atoms with Gasteiger partial charge in [-0.25, -0.2) is 4.39 Å². The molecule has 0 aliphatic rings. The molecule has 0 aromatic heterocycles. The fraction of sp³-hybridized carbons (Fsp3) is 0.462. The molecule has 1 aromatic rings. The highest BCUT2D eigenvalue weighted by molar-refractivity contribution is 5.95. The molecule has 0 radical (unpaired) electrons. The van der Waals surface area contributed by atoms with Gasteiger partial charge in [-0.15, -0.1) is 0 Å². The van der Waals surface area contributed by atoms with Crippen molar-refractivity contribution in [2.24, 2.45) is 0 Å². The van der Waals surface area contributed by atoms with Crippen molar-refractivity contribution in [1.29, 1.82) is 0 Å². The van der Waals surface area contributed by atoms with E-state index in [1.165, 1.54) is 19.2 Å². The van der Waals surface area contributed by atoms with E-state index in [1.54, 1.807) is 6.07 Å². The Bertz CT molecular complexity index is 409. The standard InChI is InChI=1S/C13H18FNO3/c1-3-9(7-8-16)15-13(17)10-5-4-6-11(18-2)12(10)14/h4-6,9,16H,3,7-8H2,1-2H3,(H,15,17). The SMILES string of the molecule is CCC(CCO)NC(=O)c1cccc(OC)c1F. The van der Waals surface area contributed by atoms with Crippen LogP contribution in [0.4, 0.5) is 4.39 Å². The number of amides is 1. The third-order valence-corrected chi connectivity index (χ3v) is 2.73. The molecule has 100 valence electrons. The van der Waals surface area contributed by atoms with Gasteiger partial charge in [0.1, 0.15) is 0 Å². The molecule has 0 aliphatic heterocycles. The Morgan fingerprint density at radius 2 is 2.28 bits per heavy atom. The largest absolute Gasteiger partial charge is 0.494 e. The molecule has 4 nitrogen and oxygen atoms in total. The Kier molecular flexibility index (Phi) is 5.58. The molecule has 0 spiro atoms. The lowest BCUT2D eigenvalue weighted by atomic mass is 10.1. The number of aliphatic hydroxyl groups is 1. The lowest BCUT2D eigenvalue weighted by Gasteiger charge is -2.16. The van der Waals surface area contributed by atoms with E-state index in [0.717, 1.165) is 0 Å². The van der Waals surface area contributed by atoms with E-state index in [2.05, 4.69) is 5.32 Å². The molecule has 0 heterocycles. The maximum Gasteiger partial charge on any atom is 0.254 e. The summed E-state index contributed by atoms with van der Waals surface area (Å²) < 4.78 is 18.6. The van der Waals surface area contributed by atoms with Crippen LogP contribution in [0.25, 0.3) is 0 Å². The summed E-state index contributed by atoms with van der Waals surface area (Å²) in [5.41, 5.74) is -0.0502. The summed E-state index contributed by atoms with van der Waals surface area (Å²) in [7, 11) is 1.35. The Hall–Kier alpha value is -1.62. The van der Waals surface area contributed by atoms with Crippen LogP contribution in [0.15, 0.2) is 18.2 Å². The van der Waals surface area contributed by atoms with Gasteiger partial charge in [-0.05, 0) is 25.0 Å². The quantitative estimate of drug-likeness (QED) is 0.813. The zero-order valence-corrected chi connectivity index (χ0v) is 10.6. The third kappa shape index (κ3) is 3.43. The van der Waals surface area contributed by atoms with Crippen molar-refractivity contribution < 1.29 is 19.0 Å². The Morgan fingerprint density at radius 3 is 2.83 bits per heavy atom. The number of benzene rings is 1. The van der Waals surface area contributed by atoms with E-state index in [9.17, 15) is 9.18 Å². The number of carbonyl (C=O) groups excluding carboxylic acids is 1. The number of carbonyl (C=O) groups is 1. The Balaban J connectivity index is 2.84. The van der Waals surface area contributed by atoms with E-state index in [0.29, 0.717) is 12.8 Å². The minimum atomic E-state index is -0.670. The van der Waals surface area contributed by atoms with Gasteiger partial charge in [0.2, 0.25) is 0 Å². The fourth-order valence-corrected chi connectivity index (χ4v) is 1.64. The highest BCUT2D eigenvalue weighted by Gasteiger charge is 2.17. The molecule has 1 rings (SSSR count). The van der Waals surface area contributed by atoms with Crippen molar-refractivity contribution >= 4 is 5.91 Å². The van der Waals surface area contributed by atoms with Crippen LogP contribution in [-0.4, -0.2) is 30.8 Å². The van der Waals surface area contributed by atoms with E-state index >= 15 is 0 Å². The lowest BCUT2D eigenvalue weighted by Crippen LogP contribution is -2.35. The smallest absolute Gasteiger partial charge is 0.254 e. The zero-order chi connectivity index (χ0) is 13.5. The summed E-state index contributed by atoms with van der Waals surface area (Å²) in [6.07, 6.45) is 1.13. The molecule has 1 atom stereocenters. The maximum atomic E-state index is 13.8. The van der Waals surface area contributed by atoms with Crippen LogP contribution < -0.4 is 10.1 Å². The first kappa shape index (κ1) is 14.4. The lowest BCUT2D eigenvalue weighted by molar-refractivity contribution is 0.0924. The molecule has 0 aliphatic carbocycles. The van der Waals surface area contributed by atoms with Gasteiger partial charge in [-0.2, -0.15) is 0 Å². The molecule has 0 saturated carbocycles. The average molecular weight is 255 g/mol. The van der Waals surface area contributed by atoms with Crippen LogP contribution in [0.5, 0.6) is 5.75 Å². The third-order valence-electron chi connectivity index (χ3n) is 2.73. The summed E-state index contributed by atoms with van der Waals surface area (Å²) >= 11 is 0. The first-order chi connectivity index (χ1) is 8.63. The molecule has 0 bridgehead atoms. The van der Waals surface area contributed by atoms with Gasteiger partial charge in [0, 0.05) is 12.6 Å². The second-order valence-corrected chi connectivity index (χ2v) is 3.91. The fourth-order valence-electron chi connectivity index (χ4n) is 1.64. The van der Waals surface area contributed by atoms with Crippen molar-refractivity contribution in [3.8, 4) is 5.75 Å². The summed E-state index contributed by atoms with van der Waals surface area (Å²) in [4.78, 5) is 11.9. The molecular weight excluding hydrogens is 237 g/mol. The predicted octanol–water partition coefficient (Wildman–Crippen LogP) is 1.73. The zero-order valence-electron chi connectivity index (χ0n) is 10.6. The normalized spacial score (nSPS) is 12.0. The number of aliphatic hydroxyl groups excluding tert-OH is 1. The highest BCUT2D eigenvalue weighted by Crippen LogP contribution is 2.20. The number of rotatable bonds is 6. The van der Waals surface area contributed by atoms with E-state index < -0.39 is 11.7 Å². The van der Waals surface area contributed by atoms with Crippen molar-refractivity contribution in [2.75, 3.05) is 13.7 Å². The molecule has 1 unspecified atom stereocenters. The van der Waals surface area contributed by atoms with Crippen molar-refractivity contribution in [3.05, 3.63) is 29.6 Å². The number of hydrogen-bond acceptors (Lipinski definition) is 3. The summed E-state index contributed by atoms with van der Waals surface area (Å²) in [6.45, 7) is 1.88. The van der Waals surface area contributed by atoms with E-state index in [4.69, 9.17) is 9.84 Å². The molecule has 1 amide bonds. The van der Waals surface area contributed by atoms with Crippen LogP contribution in [0.1, 0.15) is 30.1 Å². The van der Waals surface area contributed by atoms with E-state index in [-0.39, 0.29) is 24.0 Å². The number of nitrogens with one attached hydrogen (secondary N) is 1. The molecule has 0 saturated heterocycles. The van der Waals surface area contributed by atoms with Gasteiger partial charge in [0.15, 0.2) is 11.6 Å². The maximum absolute atomic E-state index is 13.8. The summed E-state index contributed by atoms with van der Waals surface area (Å²) in [5.74, 6) is -1.12. The summed E-state index contributed by atoms with van der Waals surface area (Å²) in [5, 5.41) is 11.5. The molecule has 5 heteroatoms. The summed E-state index contributed by atoms with van der Waals surface area (Å²) in [6, 6.07) is 4.26. The second kappa shape index (κ2) is 6.96. The van der Waals surface area contributed by atoms with Crippen molar-refractivity contribution in [3.63, 3.8) is 0 Å². The second-order valence-electron chi connectivity index (χ2n) is 3.91. The number of hydrogen-bond donors (Lipinski definition) is 2. The van der Waals surface area contributed by atoms with Crippen LogP contribution in [0.3, 0.4) is 0 Å². The average Bonchev–Trinajstić information content (AvgIpc) is 2.38. The van der Waals surface area contributed by atoms with Crippen molar-refractivity contribution in [1.82, 2.24) is 5.32 Å². The van der Waals surface area contributed by atoms with Gasteiger partial charge >= 0.3 is 0 Å².